The second-order valence-corrected chi connectivity index (χ2v) is 14.5. The fraction of sp³-hybridized carbons (Fsp3) is 0.714. The van der Waals surface area contributed by atoms with Gasteiger partial charge in [-0.3, -0.25) is 14.5 Å². The molecule has 1 aromatic rings. The van der Waals surface area contributed by atoms with E-state index in [1.165, 1.54) is 36.8 Å². The molecule has 232 valence electrons. The van der Waals surface area contributed by atoms with E-state index in [0.29, 0.717) is 17.7 Å². The van der Waals surface area contributed by atoms with Crippen LogP contribution in [-0.2, 0) is 20.8 Å². The summed E-state index contributed by atoms with van der Waals surface area (Å²) in [5.74, 6) is 2.76. The number of rotatable bonds is 10. The van der Waals surface area contributed by atoms with Crippen LogP contribution in [-0.4, -0.2) is 64.9 Å². The summed E-state index contributed by atoms with van der Waals surface area (Å²) in [6.07, 6.45) is 10.7. The number of piperidine rings is 1. The topological polar surface area (TPSA) is 73.9 Å². The van der Waals surface area contributed by atoms with Crippen LogP contribution in [0.5, 0.6) is 0 Å². The first-order valence-corrected chi connectivity index (χ1v) is 16.6. The summed E-state index contributed by atoms with van der Waals surface area (Å²) in [6, 6.07) is 11.0. The third kappa shape index (κ3) is 7.57. The van der Waals surface area contributed by atoms with E-state index >= 15 is 0 Å². The van der Waals surface area contributed by atoms with Crippen LogP contribution in [0.4, 0.5) is 0 Å². The van der Waals surface area contributed by atoms with Crippen molar-refractivity contribution in [1.82, 2.24) is 20.6 Å². The lowest BCUT2D eigenvalue weighted by Gasteiger charge is -2.46. The quantitative estimate of drug-likeness (QED) is 0.378. The summed E-state index contributed by atoms with van der Waals surface area (Å²) in [7, 11) is 0. The molecule has 3 aliphatic heterocycles. The van der Waals surface area contributed by atoms with Crippen molar-refractivity contribution in [1.29, 1.82) is 0 Å². The Kier molecular flexibility index (Phi) is 9.99. The third-order valence-electron chi connectivity index (χ3n) is 10.2. The highest BCUT2D eigenvalue weighted by molar-refractivity contribution is 5.83. The monoisotopic (exact) mass is 578 g/mol. The molecule has 3 fully saturated rings. The molecule has 6 atom stereocenters. The molecule has 7 nitrogen and oxygen atoms in total. The van der Waals surface area contributed by atoms with Gasteiger partial charge in [0.15, 0.2) is 0 Å². The molecule has 2 saturated heterocycles. The SMILES string of the molecule is CC1=C(CC2CC(CCc3ccccc3)N(CCCN3C[C@H]4CCCC[C@H]4C[C@H]3C(=O)NC(C)(C)C)C2=O)C(C)NO1. The third-order valence-corrected chi connectivity index (χ3v) is 10.2. The number of nitrogens with zero attached hydrogens (tertiary/aromatic N) is 2. The molecule has 3 unspecified atom stereocenters. The van der Waals surface area contributed by atoms with E-state index < -0.39 is 0 Å². The van der Waals surface area contributed by atoms with Crippen LogP contribution in [0.1, 0.15) is 98.0 Å². The van der Waals surface area contributed by atoms with Gasteiger partial charge < -0.3 is 15.1 Å². The molecule has 7 heteroatoms. The highest BCUT2D eigenvalue weighted by Crippen LogP contribution is 2.39. The summed E-state index contributed by atoms with van der Waals surface area (Å²) < 4.78 is 0. The average molecular weight is 579 g/mol. The number of carbonyl (C=O) groups excluding carboxylic acids is 2. The van der Waals surface area contributed by atoms with Crippen molar-refractivity contribution in [2.75, 3.05) is 19.6 Å². The highest BCUT2D eigenvalue weighted by Gasteiger charge is 2.42. The van der Waals surface area contributed by atoms with E-state index in [1.54, 1.807) is 0 Å². The Morgan fingerprint density at radius 3 is 2.50 bits per heavy atom. The second kappa shape index (κ2) is 13.5. The zero-order chi connectivity index (χ0) is 29.9. The molecule has 1 aliphatic carbocycles. The number of allylic oxidation sites excluding steroid dienone is 1. The van der Waals surface area contributed by atoms with E-state index in [-0.39, 0.29) is 35.5 Å². The molecule has 1 saturated carbocycles. The summed E-state index contributed by atoms with van der Waals surface area (Å²) >= 11 is 0. The standard InChI is InChI=1S/C35H54N4O3/c1-24-31(25(2)42-37-24)21-29-20-30(17-16-26-12-7-6-8-13-26)39(34(29)41)19-11-18-38-23-28-15-10-9-14-27(28)22-32(38)33(40)36-35(3,4)5/h6-8,12-13,24,27-30,32,37H,9-11,14-23H2,1-5H3,(H,36,40)/t24?,27-,28+,29?,30?,32-/m0/s1. The minimum Gasteiger partial charge on any atom is -0.413 e. The Labute approximate surface area is 253 Å². The van der Waals surface area contributed by atoms with Gasteiger partial charge in [0.1, 0.15) is 5.76 Å². The normalized spacial score (nSPS) is 30.4. The number of amides is 2. The Morgan fingerprint density at radius 1 is 1.07 bits per heavy atom. The van der Waals surface area contributed by atoms with Crippen LogP contribution in [0.25, 0.3) is 0 Å². The molecule has 2 amide bonds. The molecule has 0 radical (unpaired) electrons. The number of aryl methyl sites for hydroxylation is 1. The lowest BCUT2D eigenvalue weighted by atomic mass is 9.72. The van der Waals surface area contributed by atoms with Gasteiger partial charge in [0.2, 0.25) is 11.8 Å². The second-order valence-electron chi connectivity index (χ2n) is 14.5. The molecule has 5 rings (SSSR count). The Morgan fingerprint density at radius 2 is 1.81 bits per heavy atom. The van der Waals surface area contributed by atoms with Gasteiger partial charge in [-0.1, -0.05) is 49.6 Å². The maximum Gasteiger partial charge on any atom is 0.237 e. The van der Waals surface area contributed by atoms with Crippen LogP contribution >= 0.6 is 0 Å². The number of benzene rings is 1. The fourth-order valence-corrected chi connectivity index (χ4v) is 8.01. The molecule has 3 heterocycles. The number of likely N-dealkylation sites (tertiary alicyclic amines) is 2. The number of hydrogen-bond donors (Lipinski definition) is 2. The summed E-state index contributed by atoms with van der Waals surface area (Å²) in [6.45, 7) is 12.9. The number of fused-ring (bicyclic) bond motifs is 1. The van der Waals surface area contributed by atoms with Crippen LogP contribution in [0.15, 0.2) is 41.7 Å². The Hall–Kier alpha value is -2.38. The zero-order valence-electron chi connectivity index (χ0n) is 26.7. The maximum atomic E-state index is 13.9. The van der Waals surface area contributed by atoms with Crippen molar-refractivity contribution in [3.05, 3.63) is 47.2 Å². The molecular formula is C35H54N4O3. The van der Waals surface area contributed by atoms with Gasteiger partial charge in [0.05, 0.1) is 12.1 Å². The first-order chi connectivity index (χ1) is 20.1. The van der Waals surface area contributed by atoms with Crippen LogP contribution < -0.4 is 10.8 Å². The molecule has 0 spiro atoms. The minimum atomic E-state index is -0.236. The number of hydrogen-bond acceptors (Lipinski definition) is 5. The largest absolute Gasteiger partial charge is 0.413 e. The zero-order valence-corrected chi connectivity index (χ0v) is 26.7. The molecule has 1 aromatic carbocycles. The molecule has 4 aliphatic rings. The van der Waals surface area contributed by atoms with Gasteiger partial charge >= 0.3 is 0 Å². The predicted molar refractivity (Wildman–Crippen MR) is 167 cm³/mol. The Balaban J connectivity index is 1.25. The molecule has 0 bridgehead atoms. The summed E-state index contributed by atoms with van der Waals surface area (Å²) in [5.41, 5.74) is 5.37. The van der Waals surface area contributed by atoms with Gasteiger partial charge in [-0.2, -0.15) is 5.48 Å². The molecule has 42 heavy (non-hydrogen) atoms. The minimum absolute atomic E-state index is 0.00460. The van der Waals surface area contributed by atoms with Gasteiger partial charge in [-0.15, -0.1) is 0 Å². The van der Waals surface area contributed by atoms with Crippen LogP contribution in [0, 0.1) is 17.8 Å². The fourth-order valence-electron chi connectivity index (χ4n) is 8.01. The molecule has 2 N–H and O–H groups in total. The lowest BCUT2D eigenvalue weighted by molar-refractivity contribution is -0.133. The van der Waals surface area contributed by atoms with E-state index in [9.17, 15) is 9.59 Å². The van der Waals surface area contributed by atoms with Crippen LogP contribution in [0.3, 0.4) is 0 Å². The van der Waals surface area contributed by atoms with E-state index in [0.717, 1.165) is 63.9 Å². The summed E-state index contributed by atoms with van der Waals surface area (Å²) in [4.78, 5) is 37.6. The average Bonchev–Trinajstić information content (AvgIpc) is 3.44. The predicted octanol–water partition coefficient (Wildman–Crippen LogP) is 5.61. The van der Waals surface area contributed by atoms with Crippen molar-refractivity contribution >= 4 is 11.8 Å². The smallest absolute Gasteiger partial charge is 0.237 e. The maximum absolute atomic E-state index is 13.9. The van der Waals surface area contributed by atoms with Crippen molar-refractivity contribution in [3.8, 4) is 0 Å². The van der Waals surface area contributed by atoms with E-state index in [4.69, 9.17) is 4.84 Å². The number of nitrogens with one attached hydrogen (secondary N) is 2. The summed E-state index contributed by atoms with van der Waals surface area (Å²) in [5, 5.41) is 3.27. The number of carbonyl (C=O) groups is 2. The van der Waals surface area contributed by atoms with Gasteiger partial charge in [-0.25, -0.2) is 0 Å². The van der Waals surface area contributed by atoms with E-state index in [2.05, 4.69) is 78.6 Å². The highest BCUT2D eigenvalue weighted by atomic mass is 16.7. The number of hydroxylamine groups is 1. The van der Waals surface area contributed by atoms with Crippen molar-refractivity contribution < 1.29 is 14.4 Å². The van der Waals surface area contributed by atoms with Crippen molar-refractivity contribution in [3.63, 3.8) is 0 Å². The lowest BCUT2D eigenvalue weighted by Crippen LogP contribution is -2.57. The Bertz CT molecular complexity index is 1110. The van der Waals surface area contributed by atoms with Crippen LogP contribution in [0.2, 0.25) is 0 Å². The van der Waals surface area contributed by atoms with E-state index in [1.807, 2.05) is 6.92 Å². The van der Waals surface area contributed by atoms with Crippen molar-refractivity contribution in [2.45, 2.75) is 122 Å². The van der Waals surface area contributed by atoms with Gasteiger partial charge in [0, 0.05) is 37.1 Å². The van der Waals surface area contributed by atoms with Gasteiger partial charge in [0.25, 0.3) is 0 Å². The molecular weight excluding hydrogens is 524 g/mol. The van der Waals surface area contributed by atoms with Crippen molar-refractivity contribution in [2.24, 2.45) is 17.8 Å². The first-order valence-electron chi connectivity index (χ1n) is 16.6. The van der Waals surface area contributed by atoms with Gasteiger partial charge in [-0.05, 0) is 103 Å². The molecule has 0 aromatic heterocycles. The first kappa shape index (κ1) is 31.1.